The first kappa shape index (κ1) is 12.3. The fourth-order valence-corrected chi connectivity index (χ4v) is 2.00. The van der Waals surface area contributed by atoms with Crippen molar-refractivity contribution in [1.82, 2.24) is 0 Å². The van der Waals surface area contributed by atoms with Gasteiger partial charge in [0.25, 0.3) is 0 Å². The van der Waals surface area contributed by atoms with Gasteiger partial charge in [0.05, 0.1) is 5.37 Å². The van der Waals surface area contributed by atoms with Crippen LogP contribution in [-0.2, 0) is 11.2 Å². The van der Waals surface area contributed by atoms with E-state index in [0.29, 0.717) is 6.42 Å². The first-order chi connectivity index (χ1) is 7.22. The van der Waals surface area contributed by atoms with E-state index >= 15 is 0 Å². The zero-order valence-corrected chi connectivity index (χ0v) is 9.80. The lowest BCUT2D eigenvalue weighted by atomic mass is 10.1. The lowest BCUT2D eigenvalue weighted by molar-refractivity contribution is -0.110. The number of benzene rings is 1. The molecule has 0 aliphatic heterocycles. The van der Waals surface area contributed by atoms with E-state index in [1.165, 1.54) is 17.3 Å². The molecule has 0 aliphatic rings. The van der Waals surface area contributed by atoms with E-state index in [-0.39, 0.29) is 10.5 Å². The highest BCUT2D eigenvalue weighted by molar-refractivity contribution is 8.14. The van der Waals surface area contributed by atoms with Crippen LogP contribution in [0.4, 0.5) is 0 Å². The maximum atomic E-state index is 11.1. The average Bonchev–Trinajstić information content (AvgIpc) is 2.27. The number of aryl methyl sites for hydroxylation is 1. The molecule has 1 atom stereocenters. The average molecular weight is 223 g/mol. The van der Waals surface area contributed by atoms with Gasteiger partial charge >= 0.3 is 0 Å². The smallest absolute Gasteiger partial charge is 0.190 e. The van der Waals surface area contributed by atoms with Crippen LogP contribution in [0.3, 0.4) is 0 Å². The van der Waals surface area contributed by atoms with Crippen molar-refractivity contribution < 1.29 is 4.79 Å². The van der Waals surface area contributed by atoms with Crippen LogP contribution in [0.5, 0.6) is 0 Å². The summed E-state index contributed by atoms with van der Waals surface area (Å²) in [5.74, 6) is 0. The molecule has 0 aliphatic carbocycles. The Morgan fingerprint density at radius 1 is 1.40 bits per heavy atom. The second-order valence-corrected chi connectivity index (χ2v) is 4.70. The molecule has 15 heavy (non-hydrogen) atoms. The van der Waals surface area contributed by atoms with Crippen molar-refractivity contribution in [1.29, 1.82) is 0 Å². The second-order valence-electron chi connectivity index (χ2n) is 3.41. The van der Waals surface area contributed by atoms with E-state index in [9.17, 15) is 4.79 Å². The first-order valence-corrected chi connectivity index (χ1v) is 6.09. The Morgan fingerprint density at radius 3 is 2.67 bits per heavy atom. The van der Waals surface area contributed by atoms with Crippen LogP contribution in [0.1, 0.15) is 25.3 Å². The summed E-state index contributed by atoms with van der Waals surface area (Å²) >= 11 is 1.26. The molecule has 1 aromatic rings. The summed E-state index contributed by atoms with van der Waals surface area (Å²) in [6, 6.07) is 10.2. The van der Waals surface area contributed by atoms with Gasteiger partial charge in [-0.25, -0.2) is 0 Å². The van der Waals surface area contributed by atoms with Crippen LogP contribution in [0.2, 0.25) is 0 Å². The molecule has 0 heterocycles. The highest BCUT2D eigenvalue weighted by atomic mass is 32.2. The highest BCUT2D eigenvalue weighted by Crippen LogP contribution is 2.15. The van der Waals surface area contributed by atoms with Crippen molar-refractivity contribution in [2.75, 3.05) is 0 Å². The number of rotatable bonds is 5. The zero-order chi connectivity index (χ0) is 11.1. The molecular formula is C12H17NOS. The maximum absolute atomic E-state index is 11.1. The van der Waals surface area contributed by atoms with Crippen molar-refractivity contribution >= 4 is 16.9 Å². The molecule has 3 heteroatoms. The Hall–Kier alpha value is -0.800. The summed E-state index contributed by atoms with van der Waals surface area (Å²) in [4.78, 5) is 11.1. The van der Waals surface area contributed by atoms with E-state index in [1.807, 2.05) is 25.1 Å². The molecule has 0 fully saturated rings. The van der Waals surface area contributed by atoms with Gasteiger partial charge in [-0.15, -0.1) is 0 Å². The fourth-order valence-electron chi connectivity index (χ4n) is 1.26. The Labute approximate surface area is 95.2 Å². The molecule has 0 bridgehead atoms. The SMILES string of the molecule is CCC(=O)SC(N)CCc1ccccc1. The van der Waals surface area contributed by atoms with Crippen LogP contribution in [0.15, 0.2) is 30.3 Å². The minimum Gasteiger partial charge on any atom is -0.319 e. The van der Waals surface area contributed by atoms with Crippen molar-refractivity contribution in [3.63, 3.8) is 0 Å². The molecule has 0 spiro atoms. The summed E-state index contributed by atoms with van der Waals surface area (Å²) in [5.41, 5.74) is 7.12. The van der Waals surface area contributed by atoms with E-state index < -0.39 is 0 Å². The molecule has 82 valence electrons. The molecule has 0 saturated carbocycles. The first-order valence-electron chi connectivity index (χ1n) is 5.21. The van der Waals surface area contributed by atoms with Crippen LogP contribution in [0.25, 0.3) is 0 Å². The molecule has 2 N–H and O–H groups in total. The quantitative estimate of drug-likeness (QED) is 0.780. The largest absolute Gasteiger partial charge is 0.319 e. The number of carbonyl (C=O) groups is 1. The predicted octanol–water partition coefficient (Wildman–Crippen LogP) is 2.57. The van der Waals surface area contributed by atoms with Crippen molar-refractivity contribution in [3.05, 3.63) is 35.9 Å². The minimum absolute atomic E-state index is 0.0716. The number of hydrogen-bond acceptors (Lipinski definition) is 3. The van der Waals surface area contributed by atoms with Crippen molar-refractivity contribution in [3.8, 4) is 0 Å². The molecule has 0 amide bonds. The summed E-state index contributed by atoms with van der Waals surface area (Å²) in [5, 5.41) is 0.105. The van der Waals surface area contributed by atoms with Crippen LogP contribution in [0, 0.1) is 0 Å². The normalized spacial score (nSPS) is 12.4. The van der Waals surface area contributed by atoms with Gasteiger partial charge in [0.2, 0.25) is 0 Å². The molecule has 2 nitrogen and oxygen atoms in total. The van der Waals surface area contributed by atoms with Gasteiger partial charge in [0.1, 0.15) is 0 Å². The number of carbonyl (C=O) groups excluding carboxylic acids is 1. The predicted molar refractivity (Wildman–Crippen MR) is 65.6 cm³/mol. The molecule has 0 radical (unpaired) electrons. The second kappa shape index (κ2) is 6.64. The zero-order valence-electron chi connectivity index (χ0n) is 8.98. The van der Waals surface area contributed by atoms with E-state index in [2.05, 4.69) is 12.1 Å². The number of nitrogens with two attached hydrogens (primary N) is 1. The van der Waals surface area contributed by atoms with Crippen LogP contribution >= 0.6 is 11.8 Å². The number of thioether (sulfide) groups is 1. The van der Waals surface area contributed by atoms with Crippen molar-refractivity contribution in [2.24, 2.45) is 5.73 Å². The molecule has 0 aromatic heterocycles. The Bertz CT molecular complexity index is 300. The lowest BCUT2D eigenvalue weighted by Gasteiger charge is -2.09. The molecule has 1 unspecified atom stereocenters. The van der Waals surface area contributed by atoms with Gasteiger partial charge in [-0.2, -0.15) is 0 Å². The summed E-state index contributed by atoms with van der Waals surface area (Å²) < 4.78 is 0. The van der Waals surface area contributed by atoms with Gasteiger partial charge in [0, 0.05) is 6.42 Å². The fraction of sp³-hybridized carbons (Fsp3) is 0.417. The molecule has 1 aromatic carbocycles. The molecule has 1 rings (SSSR count). The standard InChI is InChI=1S/C12H17NOS/c1-2-12(14)15-11(13)9-8-10-6-4-3-5-7-10/h3-7,11H,2,8-9,13H2,1H3. The topological polar surface area (TPSA) is 43.1 Å². The van der Waals surface area contributed by atoms with Gasteiger partial charge in [-0.05, 0) is 18.4 Å². The Balaban J connectivity index is 2.28. The third kappa shape index (κ3) is 5.00. The van der Waals surface area contributed by atoms with Crippen LogP contribution < -0.4 is 5.73 Å². The number of hydrogen-bond donors (Lipinski definition) is 1. The van der Waals surface area contributed by atoms with Crippen molar-refractivity contribution in [2.45, 2.75) is 31.6 Å². The van der Waals surface area contributed by atoms with Crippen LogP contribution in [-0.4, -0.2) is 10.5 Å². The molecule has 0 saturated heterocycles. The van der Waals surface area contributed by atoms with Gasteiger partial charge in [-0.3, -0.25) is 4.79 Å². The maximum Gasteiger partial charge on any atom is 0.190 e. The van der Waals surface area contributed by atoms with Gasteiger partial charge in [0.15, 0.2) is 5.12 Å². The monoisotopic (exact) mass is 223 g/mol. The van der Waals surface area contributed by atoms with Gasteiger partial charge < -0.3 is 5.73 Å². The Morgan fingerprint density at radius 2 is 2.07 bits per heavy atom. The van der Waals surface area contributed by atoms with E-state index in [1.54, 1.807) is 0 Å². The Kier molecular flexibility index (Phi) is 5.43. The van der Waals surface area contributed by atoms with E-state index in [4.69, 9.17) is 5.73 Å². The highest BCUT2D eigenvalue weighted by Gasteiger charge is 2.08. The summed E-state index contributed by atoms with van der Waals surface area (Å²) in [7, 11) is 0. The third-order valence-corrected chi connectivity index (χ3v) is 3.22. The minimum atomic E-state index is -0.0716. The molecular weight excluding hydrogens is 206 g/mol. The van der Waals surface area contributed by atoms with E-state index in [0.717, 1.165) is 12.8 Å². The summed E-state index contributed by atoms with van der Waals surface area (Å²) in [6.07, 6.45) is 2.34. The lowest BCUT2D eigenvalue weighted by Crippen LogP contribution is -2.18. The summed E-state index contributed by atoms with van der Waals surface area (Å²) in [6.45, 7) is 1.86. The third-order valence-electron chi connectivity index (χ3n) is 2.13. The van der Waals surface area contributed by atoms with Gasteiger partial charge in [-0.1, -0.05) is 49.0 Å².